The van der Waals surface area contributed by atoms with Crippen molar-refractivity contribution in [1.29, 1.82) is 0 Å². The minimum atomic E-state index is -0.928. The molecule has 1 fully saturated rings. The van der Waals surface area contributed by atoms with Crippen molar-refractivity contribution in [2.45, 2.75) is 92.6 Å². The molecule has 1 aliphatic rings. The van der Waals surface area contributed by atoms with Crippen molar-refractivity contribution in [3.05, 3.63) is 53.9 Å². The summed E-state index contributed by atoms with van der Waals surface area (Å²) in [5, 5.41) is 2.90. The Bertz CT molecular complexity index is 1500. The van der Waals surface area contributed by atoms with Crippen LogP contribution in [-0.2, 0) is 35.0 Å². The third-order valence-corrected chi connectivity index (χ3v) is 9.83. The number of nitrogens with one attached hydrogen (secondary N) is 1. The number of aromatic nitrogens is 1. The largest absolute Gasteiger partial charge is 0.493 e. The van der Waals surface area contributed by atoms with Crippen LogP contribution in [0.4, 0.5) is 4.79 Å². The Morgan fingerprint density at radius 3 is 2.36 bits per heavy atom. The number of nitrogens with two attached hydrogens (primary N) is 1. The smallest absolute Gasteiger partial charge is 0.414 e. The summed E-state index contributed by atoms with van der Waals surface area (Å²) in [5.41, 5.74) is 5.85. The average molecular weight is 743 g/mol. The number of pyridine rings is 1. The zero-order valence-corrected chi connectivity index (χ0v) is 32.6. The molecule has 1 unspecified atom stereocenters. The van der Waals surface area contributed by atoms with E-state index in [0.29, 0.717) is 37.2 Å². The van der Waals surface area contributed by atoms with Gasteiger partial charge in [0.1, 0.15) is 6.73 Å². The zero-order chi connectivity index (χ0) is 39.3. The number of carbonyl (C=O) groups excluding carboxylic acids is 4. The van der Waals surface area contributed by atoms with E-state index in [4.69, 9.17) is 34.2 Å². The van der Waals surface area contributed by atoms with Crippen molar-refractivity contribution in [2.75, 3.05) is 34.3 Å². The molecule has 3 N–H and O–H groups in total. The van der Waals surface area contributed by atoms with Crippen LogP contribution in [0.15, 0.2) is 42.7 Å². The molecule has 2 heterocycles. The van der Waals surface area contributed by atoms with Gasteiger partial charge in [-0.15, -0.1) is 0 Å². The molecule has 53 heavy (non-hydrogen) atoms. The van der Waals surface area contributed by atoms with Crippen LogP contribution in [-0.4, -0.2) is 86.5 Å². The van der Waals surface area contributed by atoms with E-state index in [0.717, 1.165) is 5.56 Å². The van der Waals surface area contributed by atoms with Crippen LogP contribution in [0.3, 0.4) is 0 Å². The van der Waals surface area contributed by atoms with Gasteiger partial charge in [-0.05, 0) is 80.7 Å². The highest BCUT2D eigenvalue weighted by Gasteiger charge is 2.43. The van der Waals surface area contributed by atoms with Crippen molar-refractivity contribution in [3.8, 4) is 11.5 Å². The van der Waals surface area contributed by atoms with Crippen LogP contribution < -0.4 is 20.5 Å². The van der Waals surface area contributed by atoms with E-state index >= 15 is 0 Å². The second-order valence-corrected chi connectivity index (χ2v) is 14.7. The first-order valence-electron chi connectivity index (χ1n) is 18.2. The van der Waals surface area contributed by atoms with E-state index in [9.17, 15) is 19.2 Å². The fourth-order valence-corrected chi connectivity index (χ4v) is 6.10. The molecule has 5 atom stereocenters. The summed E-state index contributed by atoms with van der Waals surface area (Å²) in [5.74, 6) is -0.605. The summed E-state index contributed by atoms with van der Waals surface area (Å²) in [6, 6.07) is 8.48. The summed E-state index contributed by atoms with van der Waals surface area (Å²) in [6.45, 7) is 12.9. The van der Waals surface area contributed by atoms with Gasteiger partial charge in [-0.3, -0.25) is 19.5 Å². The molecule has 1 aromatic heterocycles. The molecule has 1 aliphatic heterocycles. The van der Waals surface area contributed by atoms with Crippen LogP contribution in [0.5, 0.6) is 11.5 Å². The summed E-state index contributed by atoms with van der Waals surface area (Å²) in [4.78, 5) is 56.9. The van der Waals surface area contributed by atoms with Gasteiger partial charge in [-0.1, -0.05) is 40.7 Å². The van der Waals surface area contributed by atoms with Crippen molar-refractivity contribution in [2.24, 2.45) is 34.8 Å². The van der Waals surface area contributed by atoms with Gasteiger partial charge in [0.2, 0.25) is 18.6 Å². The minimum absolute atomic E-state index is 0.0521. The molecule has 0 saturated carbocycles. The predicted octanol–water partition coefficient (Wildman–Crippen LogP) is 5.32. The van der Waals surface area contributed by atoms with Gasteiger partial charge in [-0.2, -0.15) is 0 Å². The molecule has 0 spiro atoms. The van der Waals surface area contributed by atoms with Gasteiger partial charge in [0.15, 0.2) is 17.8 Å². The Labute approximate surface area is 313 Å². The second-order valence-electron chi connectivity index (χ2n) is 14.7. The van der Waals surface area contributed by atoms with E-state index in [-0.39, 0.29) is 42.5 Å². The lowest BCUT2D eigenvalue weighted by molar-refractivity contribution is -0.130. The predicted molar refractivity (Wildman–Crippen MR) is 197 cm³/mol. The number of benzene rings is 1. The standard InChI is InChI=1S/C39H58N4O10/c1-10-34(49-9)53-33-17-26(13-14-31(33)48-8)16-28(24(2)3)18-30-32(19-29(25(4)5)35(44)42-21-39(6,7)37(40)46)50-22-43(30)38(47)52-23-51-36(45)27-12-11-15-41-20-27/h11-15,17,20,24-25,28-30,32,34H,10,16,18-19,21-23H2,1-9H3,(H2,40,46)(H,42,44)/t28-,29-,30-,32-,34?/m0/s1. The normalized spacial score (nSPS) is 17.6. The van der Waals surface area contributed by atoms with E-state index in [1.807, 2.05) is 39.0 Å². The topological polar surface area (TPSA) is 178 Å². The van der Waals surface area contributed by atoms with Gasteiger partial charge in [-0.25, -0.2) is 9.59 Å². The fraction of sp³-hybridized carbons (Fsp3) is 0.615. The number of rotatable bonds is 20. The van der Waals surface area contributed by atoms with Crippen LogP contribution in [0.1, 0.15) is 83.7 Å². The third-order valence-electron chi connectivity index (χ3n) is 9.83. The summed E-state index contributed by atoms with van der Waals surface area (Å²) < 4.78 is 34.0. The lowest BCUT2D eigenvalue weighted by Crippen LogP contribution is -2.47. The minimum Gasteiger partial charge on any atom is -0.493 e. The molecular weight excluding hydrogens is 684 g/mol. The van der Waals surface area contributed by atoms with Gasteiger partial charge in [0.05, 0.1) is 30.2 Å². The second kappa shape index (κ2) is 20.1. The number of esters is 1. The Balaban J connectivity index is 1.86. The molecule has 0 aliphatic carbocycles. The molecular formula is C39H58N4O10. The molecule has 1 aromatic carbocycles. The van der Waals surface area contributed by atoms with Crippen molar-refractivity contribution < 1.29 is 47.6 Å². The third kappa shape index (κ3) is 12.3. The van der Waals surface area contributed by atoms with Gasteiger partial charge in [0, 0.05) is 38.4 Å². The number of amides is 3. The van der Waals surface area contributed by atoms with Crippen LogP contribution in [0, 0.1) is 29.1 Å². The molecule has 14 heteroatoms. The monoisotopic (exact) mass is 742 g/mol. The number of methoxy groups -OCH3 is 2. The lowest BCUT2D eigenvalue weighted by atomic mass is 9.80. The maximum Gasteiger partial charge on any atom is 0.414 e. The molecule has 1 saturated heterocycles. The molecule has 3 amide bonds. The zero-order valence-electron chi connectivity index (χ0n) is 32.6. The molecule has 3 rings (SSSR count). The van der Waals surface area contributed by atoms with Crippen LogP contribution >= 0.6 is 0 Å². The molecule has 0 bridgehead atoms. The fourth-order valence-electron chi connectivity index (χ4n) is 6.10. The number of hydrogen-bond acceptors (Lipinski definition) is 11. The Hall–Kier alpha value is -4.43. The Morgan fingerprint density at radius 2 is 1.77 bits per heavy atom. The first-order valence-corrected chi connectivity index (χ1v) is 18.2. The van der Waals surface area contributed by atoms with Crippen molar-refractivity contribution >= 4 is 23.9 Å². The average Bonchev–Trinajstić information content (AvgIpc) is 3.53. The first kappa shape index (κ1) is 43.0. The van der Waals surface area contributed by atoms with E-state index in [1.165, 1.54) is 17.3 Å². The summed E-state index contributed by atoms with van der Waals surface area (Å²) >= 11 is 0. The number of primary amides is 1. The lowest BCUT2D eigenvalue weighted by Gasteiger charge is -2.33. The van der Waals surface area contributed by atoms with Crippen molar-refractivity contribution in [3.63, 3.8) is 0 Å². The number of carbonyl (C=O) groups is 4. The van der Waals surface area contributed by atoms with Gasteiger partial charge in [0.25, 0.3) is 0 Å². The van der Waals surface area contributed by atoms with Gasteiger partial charge >= 0.3 is 12.1 Å². The van der Waals surface area contributed by atoms with Crippen LogP contribution in [0.25, 0.3) is 0 Å². The van der Waals surface area contributed by atoms with E-state index in [2.05, 4.69) is 24.1 Å². The number of ether oxygens (including phenoxy) is 6. The summed E-state index contributed by atoms with van der Waals surface area (Å²) in [7, 11) is 3.18. The van der Waals surface area contributed by atoms with Gasteiger partial charge < -0.3 is 39.5 Å². The number of hydrogen-bond donors (Lipinski definition) is 2. The Kier molecular flexibility index (Phi) is 16.3. The molecule has 0 radical (unpaired) electrons. The Morgan fingerprint density at radius 1 is 1.04 bits per heavy atom. The highest BCUT2D eigenvalue weighted by atomic mass is 16.7. The number of nitrogens with zero attached hydrogens (tertiary/aromatic N) is 2. The van der Waals surface area contributed by atoms with E-state index < -0.39 is 54.5 Å². The molecule has 2 aromatic rings. The highest BCUT2D eigenvalue weighted by molar-refractivity contribution is 5.89. The maximum absolute atomic E-state index is 13.6. The van der Waals surface area contributed by atoms with Crippen molar-refractivity contribution in [1.82, 2.24) is 15.2 Å². The SMILES string of the molecule is CCC(OC)Oc1cc(C[C@@H](C[C@H]2[C@H](C[C@H](C(=O)NCC(C)(C)C(N)=O)C(C)C)OCN2C(=O)OCOC(=O)c2cccnc2)C(C)C)ccc1OC. The van der Waals surface area contributed by atoms with E-state index in [1.54, 1.807) is 40.2 Å². The quantitative estimate of drug-likeness (QED) is 0.133. The maximum atomic E-state index is 13.6. The molecule has 294 valence electrons. The summed E-state index contributed by atoms with van der Waals surface area (Å²) in [6.07, 6.45) is 3.35. The molecule has 14 nitrogen and oxygen atoms in total. The van der Waals surface area contributed by atoms with Crippen LogP contribution in [0.2, 0.25) is 0 Å². The first-order chi connectivity index (χ1) is 25.1. The highest BCUT2D eigenvalue weighted by Crippen LogP contribution is 2.36.